The van der Waals surface area contributed by atoms with Crippen molar-refractivity contribution in [3.63, 3.8) is 0 Å². The van der Waals surface area contributed by atoms with Crippen molar-refractivity contribution in [2.45, 2.75) is 11.4 Å². The van der Waals surface area contributed by atoms with E-state index in [4.69, 9.17) is 10.5 Å². The molecule has 0 aliphatic carbocycles. The smallest absolute Gasteiger partial charge is 0.244 e. The van der Waals surface area contributed by atoms with Gasteiger partial charge in [0.25, 0.3) is 0 Å². The Morgan fingerprint density at radius 3 is 2.84 bits per heavy atom. The van der Waals surface area contributed by atoms with E-state index in [1.807, 2.05) is 0 Å². The lowest BCUT2D eigenvalue weighted by Gasteiger charge is -2.10. The predicted molar refractivity (Wildman–Crippen MR) is 70.0 cm³/mol. The molecule has 1 aromatic heterocycles. The van der Waals surface area contributed by atoms with Crippen molar-refractivity contribution in [3.8, 4) is 5.75 Å². The summed E-state index contributed by atoms with van der Waals surface area (Å²) in [7, 11) is -2.30. The van der Waals surface area contributed by atoms with E-state index in [1.165, 1.54) is 19.2 Å². The van der Waals surface area contributed by atoms with Crippen LogP contribution in [0.1, 0.15) is 5.69 Å². The van der Waals surface area contributed by atoms with Crippen LogP contribution < -0.4 is 15.2 Å². The zero-order chi connectivity index (χ0) is 13.9. The highest BCUT2D eigenvalue weighted by Gasteiger charge is 2.19. The summed E-state index contributed by atoms with van der Waals surface area (Å²) in [5.41, 5.74) is 6.61. The molecule has 102 valence electrons. The third kappa shape index (κ3) is 3.04. The third-order valence-electron chi connectivity index (χ3n) is 2.49. The molecule has 2 rings (SSSR count). The summed E-state index contributed by atoms with van der Waals surface area (Å²) in [6.45, 7) is 0.111. The first-order chi connectivity index (χ1) is 9.03. The van der Waals surface area contributed by atoms with Crippen LogP contribution in [0.15, 0.2) is 35.4 Å². The molecule has 0 atom stereocenters. The van der Waals surface area contributed by atoms with Crippen LogP contribution in [0.5, 0.6) is 5.75 Å². The molecule has 19 heavy (non-hydrogen) atoms. The Labute approximate surface area is 110 Å². The highest BCUT2D eigenvalue weighted by Crippen LogP contribution is 2.25. The Kier molecular flexibility index (Phi) is 3.72. The van der Waals surface area contributed by atoms with E-state index in [1.54, 1.807) is 18.3 Å². The van der Waals surface area contributed by atoms with Crippen LogP contribution in [0.2, 0.25) is 0 Å². The molecule has 0 aliphatic heterocycles. The van der Waals surface area contributed by atoms with Crippen molar-refractivity contribution >= 4 is 15.7 Å². The summed E-state index contributed by atoms with van der Waals surface area (Å²) in [5.74, 6) is 0.242. The van der Waals surface area contributed by atoms with E-state index in [2.05, 4.69) is 14.9 Å². The molecule has 7 nitrogen and oxygen atoms in total. The van der Waals surface area contributed by atoms with Gasteiger partial charge in [-0.15, -0.1) is 0 Å². The number of anilines is 1. The molecule has 0 saturated heterocycles. The number of H-pyrrole nitrogens is 1. The lowest BCUT2D eigenvalue weighted by atomic mass is 10.3. The van der Waals surface area contributed by atoms with Crippen molar-refractivity contribution in [3.05, 3.63) is 36.2 Å². The van der Waals surface area contributed by atoms with Crippen LogP contribution in [-0.4, -0.2) is 25.7 Å². The standard InChI is InChI=1S/C11H14N4O3S/c1-18-10-3-2-8(12)6-11(10)19(16,17)14-7-9-4-5-13-15-9/h2-6,14H,7,12H2,1H3,(H,13,15). The molecule has 0 saturated carbocycles. The van der Waals surface area contributed by atoms with Gasteiger partial charge in [-0.1, -0.05) is 0 Å². The zero-order valence-corrected chi connectivity index (χ0v) is 11.1. The number of nitrogens with zero attached hydrogens (tertiary/aromatic N) is 1. The van der Waals surface area contributed by atoms with Gasteiger partial charge >= 0.3 is 0 Å². The maximum Gasteiger partial charge on any atom is 0.244 e. The normalized spacial score (nSPS) is 11.4. The molecular weight excluding hydrogens is 268 g/mol. The number of nitrogen functional groups attached to an aromatic ring is 1. The minimum absolute atomic E-state index is 0.00881. The van der Waals surface area contributed by atoms with Gasteiger partial charge in [0.05, 0.1) is 19.3 Å². The Morgan fingerprint density at radius 1 is 1.42 bits per heavy atom. The summed E-state index contributed by atoms with van der Waals surface area (Å²) < 4.78 is 31.8. The average molecular weight is 282 g/mol. The average Bonchev–Trinajstić information content (AvgIpc) is 2.89. The Bertz CT molecular complexity index is 653. The fourth-order valence-corrected chi connectivity index (χ4v) is 2.75. The highest BCUT2D eigenvalue weighted by molar-refractivity contribution is 7.89. The highest BCUT2D eigenvalue weighted by atomic mass is 32.2. The number of nitrogens with two attached hydrogens (primary N) is 1. The first kappa shape index (κ1) is 13.4. The second-order valence-electron chi connectivity index (χ2n) is 3.82. The minimum atomic E-state index is -3.70. The van der Waals surface area contributed by atoms with Gasteiger partial charge in [0.1, 0.15) is 10.6 Å². The molecule has 0 aliphatic rings. The maximum atomic E-state index is 12.2. The fraction of sp³-hybridized carbons (Fsp3) is 0.182. The molecule has 0 bridgehead atoms. The van der Waals surface area contributed by atoms with E-state index in [9.17, 15) is 8.42 Å². The second kappa shape index (κ2) is 5.29. The molecule has 0 radical (unpaired) electrons. The van der Waals surface area contributed by atoms with E-state index >= 15 is 0 Å². The Morgan fingerprint density at radius 2 is 2.21 bits per heavy atom. The summed E-state index contributed by atoms with van der Waals surface area (Å²) in [5, 5.41) is 6.41. The number of hydrogen-bond donors (Lipinski definition) is 3. The largest absolute Gasteiger partial charge is 0.495 e. The van der Waals surface area contributed by atoms with Crippen molar-refractivity contribution < 1.29 is 13.2 Å². The maximum absolute atomic E-state index is 12.2. The number of methoxy groups -OCH3 is 1. The first-order valence-electron chi connectivity index (χ1n) is 5.44. The van der Waals surface area contributed by atoms with Crippen molar-refractivity contribution in [1.29, 1.82) is 0 Å². The first-order valence-corrected chi connectivity index (χ1v) is 6.92. The third-order valence-corrected chi connectivity index (χ3v) is 3.91. The van der Waals surface area contributed by atoms with E-state index < -0.39 is 10.0 Å². The molecule has 0 amide bonds. The molecule has 1 heterocycles. The Hall–Kier alpha value is -2.06. The SMILES string of the molecule is COc1ccc(N)cc1S(=O)(=O)NCc1ccn[nH]1. The predicted octanol–water partition coefficient (Wildman–Crippen LogP) is 0.479. The molecule has 8 heteroatoms. The van der Waals surface area contributed by atoms with Crippen LogP contribution in [0.3, 0.4) is 0 Å². The molecule has 0 spiro atoms. The van der Waals surface area contributed by atoms with Gasteiger partial charge in [-0.3, -0.25) is 5.10 Å². The summed E-state index contributed by atoms with van der Waals surface area (Å²) in [6, 6.07) is 6.13. The topological polar surface area (TPSA) is 110 Å². The lowest BCUT2D eigenvalue weighted by Crippen LogP contribution is -2.24. The lowest BCUT2D eigenvalue weighted by molar-refractivity contribution is 0.402. The number of hydrogen-bond acceptors (Lipinski definition) is 5. The molecule has 2 aromatic rings. The van der Waals surface area contributed by atoms with Gasteiger partial charge in [0, 0.05) is 11.9 Å². The van der Waals surface area contributed by atoms with Gasteiger partial charge in [-0.05, 0) is 24.3 Å². The molecule has 4 N–H and O–H groups in total. The van der Waals surface area contributed by atoms with E-state index in [0.717, 1.165) is 0 Å². The van der Waals surface area contributed by atoms with Gasteiger partial charge < -0.3 is 10.5 Å². The van der Waals surface area contributed by atoms with Crippen LogP contribution in [0.4, 0.5) is 5.69 Å². The molecule has 0 unspecified atom stereocenters. The van der Waals surface area contributed by atoms with Gasteiger partial charge in [-0.2, -0.15) is 5.10 Å². The Balaban J connectivity index is 2.26. The van der Waals surface area contributed by atoms with Crippen molar-refractivity contribution in [2.24, 2.45) is 0 Å². The van der Waals surface area contributed by atoms with Gasteiger partial charge in [0.2, 0.25) is 10.0 Å². The molecule has 1 aromatic carbocycles. The number of benzene rings is 1. The summed E-state index contributed by atoms with van der Waals surface area (Å²) in [6.07, 6.45) is 1.55. The van der Waals surface area contributed by atoms with Crippen LogP contribution in [0, 0.1) is 0 Å². The van der Waals surface area contributed by atoms with Crippen molar-refractivity contribution in [2.75, 3.05) is 12.8 Å². The molecular formula is C11H14N4O3S. The summed E-state index contributed by atoms with van der Waals surface area (Å²) in [4.78, 5) is 0.00881. The van der Waals surface area contributed by atoms with Crippen LogP contribution in [-0.2, 0) is 16.6 Å². The summed E-state index contributed by atoms with van der Waals surface area (Å²) >= 11 is 0. The number of aromatic amines is 1. The number of aromatic nitrogens is 2. The fourth-order valence-electron chi connectivity index (χ4n) is 1.54. The van der Waals surface area contributed by atoms with E-state index in [0.29, 0.717) is 11.4 Å². The van der Waals surface area contributed by atoms with Gasteiger partial charge in [-0.25, -0.2) is 13.1 Å². The van der Waals surface area contributed by atoms with Crippen LogP contribution >= 0.6 is 0 Å². The number of nitrogens with one attached hydrogen (secondary N) is 2. The quantitative estimate of drug-likeness (QED) is 0.691. The van der Waals surface area contributed by atoms with Crippen molar-refractivity contribution in [1.82, 2.24) is 14.9 Å². The van der Waals surface area contributed by atoms with E-state index in [-0.39, 0.29) is 17.2 Å². The second-order valence-corrected chi connectivity index (χ2v) is 5.55. The van der Waals surface area contributed by atoms with Crippen LogP contribution in [0.25, 0.3) is 0 Å². The zero-order valence-electron chi connectivity index (χ0n) is 10.3. The molecule has 0 fully saturated rings. The number of ether oxygens (including phenoxy) is 1. The van der Waals surface area contributed by atoms with Gasteiger partial charge in [0.15, 0.2) is 0 Å². The monoisotopic (exact) mass is 282 g/mol. The number of rotatable bonds is 5. The number of sulfonamides is 1. The minimum Gasteiger partial charge on any atom is -0.495 e.